The van der Waals surface area contributed by atoms with Crippen molar-refractivity contribution in [2.24, 2.45) is 0 Å². The molecule has 3 N–H and O–H groups in total. The molecule has 0 saturated carbocycles. The number of esters is 1. The highest BCUT2D eigenvalue weighted by molar-refractivity contribution is 5.77. The van der Waals surface area contributed by atoms with Crippen LogP contribution in [0.5, 0.6) is 0 Å². The van der Waals surface area contributed by atoms with E-state index >= 15 is 0 Å². The van der Waals surface area contributed by atoms with Crippen molar-refractivity contribution >= 4 is 11.9 Å². The van der Waals surface area contributed by atoms with Crippen molar-refractivity contribution < 1.29 is 24.5 Å². The average Bonchev–Trinajstić information content (AvgIpc) is 3.24. The first-order valence-electron chi connectivity index (χ1n) is 25.2. The van der Waals surface area contributed by atoms with E-state index in [9.17, 15) is 19.8 Å². The zero-order chi connectivity index (χ0) is 43.8. The lowest BCUT2D eigenvalue weighted by atomic mass is 10.0. The minimum absolute atomic E-state index is 0.0258. The Labute approximate surface area is 371 Å². The Hall–Kier alpha value is -2.70. The zero-order valence-electron chi connectivity index (χ0n) is 39.3. The SMILES string of the molecule is CC\C=C/C=C/C=C/C=C\C=C\C=C\CCCC(CC(=O)NC(CO)C(O)CCCCCCCCCCC)OC(=O)CCCCCCCCCCCCCCCCCCC. The van der Waals surface area contributed by atoms with E-state index in [0.29, 0.717) is 19.3 Å². The van der Waals surface area contributed by atoms with Gasteiger partial charge in [0.05, 0.1) is 25.2 Å². The Balaban J connectivity index is 4.68. The molecule has 0 fully saturated rings. The van der Waals surface area contributed by atoms with Gasteiger partial charge in [0, 0.05) is 6.42 Å². The third kappa shape index (κ3) is 42.0. The molecule has 0 aromatic carbocycles. The number of unbranched alkanes of at least 4 members (excludes halogenated alkanes) is 25. The number of rotatable bonds is 44. The van der Waals surface area contributed by atoms with Crippen LogP contribution in [0.4, 0.5) is 0 Å². The van der Waals surface area contributed by atoms with Crippen molar-refractivity contribution in [1.29, 1.82) is 0 Å². The van der Waals surface area contributed by atoms with Gasteiger partial charge in [0.1, 0.15) is 6.10 Å². The molecular weight excluding hydrogens is 743 g/mol. The van der Waals surface area contributed by atoms with Gasteiger partial charge in [-0.15, -0.1) is 0 Å². The second kappa shape index (κ2) is 47.4. The molecule has 60 heavy (non-hydrogen) atoms. The number of nitrogens with one attached hydrogen (secondary N) is 1. The van der Waals surface area contributed by atoms with Gasteiger partial charge < -0.3 is 20.3 Å². The predicted molar refractivity (Wildman–Crippen MR) is 259 cm³/mol. The lowest BCUT2D eigenvalue weighted by molar-refractivity contribution is -0.151. The summed E-state index contributed by atoms with van der Waals surface area (Å²) in [4.78, 5) is 26.1. The first-order chi connectivity index (χ1) is 29.5. The highest BCUT2D eigenvalue weighted by Gasteiger charge is 2.24. The van der Waals surface area contributed by atoms with E-state index in [4.69, 9.17) is 4.74 Å². The van der Waals surface area contributed by atoms with Crippen LogP contribution >= 0.6 is 0 Å². The molecular formula is C54H95NO5. The molecule has 0 aliphatic heterocycles. The van der Waals surface area contributed by atoms with Gasteiger partial charge in [0.25, 0.3) is 0 Å². The van der Waals surface area contributed by atoms with Crippen molar-refractivity contribution in [3.05, 3.63) is 72.9 Å². The Morgan fingerprint density at radius 3 is 1.33 bits per heavy atom. The summed E-state index contributed by atoms with van der Waals surface area (Å²) < 4.78 is 5.89. The van der Waals surface area contributed by atoms with E-state index in [1.807, 2.05) is 60.8 Å². The van der Waals surface area contributed by atoms with Crippen molar-refractivity contribution in [2.75, 3.05) is 6.61 Å². The van der Waals surface area contributed by atoms with Crippen LogP contribution in [0.15, 0.2) is 72.9 Å². The number of hydrogen-bond acceptors (Lipinski definition) is 5. The van der Waals surface area contributed by atoms with Crippen LogP contribution in [-0.2, 0) is 14.3 Å². The van der Waals surface area contributed by atoms with E-state index in [-0.39, 0.29) is 24.9 Å². The summed E-state index contributed by atoms with van der Waals surface area (Å²) in [6, 6.07) is -0.725. The molecule has 0 heterocycles. The minimum atomic E-state index is -0.807. The number of aliphatic hydroxyl groups is 2. The molecule has 3 unspecified atom stereocenters. The number of aliphatic hydroxyl groups excluding tert-OH is 2. The van der Waals surface area contributed by atoms with Crippen LogP contribution in [-0.4, -0.2) is 46.9 Å². The van der Waals surface area contributed by atoms with Crippen LogP contribution in [0.25, 0.3) is 0 Å². The maximum Gasteiger partial charge on any atom is 0.306 e. The molecule has 0 bridgehead atoms. The number of amides is 1. The zero-order valence-corrected chi connectivity index (χ0v) is 39.3. The molecule has 0 radical (unpaired) electrons. The minimum Gasteiger partial charge on any atom is -0.462 e. The first kappa shape index (κ1) is 57.3. The van der Waals surface area contributed by atoms with Crippen LogP contribution in [0.3, 0.4) is 0 Å². The Kier molecular flexibility index (Phi) is 45.2. The van der Waals surface area contributed by atoms with Gasteiger partial charge >= 0.3 is 5.97 Å². The lowest BCUT2D eigenvalue weighted by Crippen LogP contribution is -2.46. The summed E-state index contributed by atoms with van der Waals surface area (Å²) in [6.45, 7) is 6.30. The fraction of sp³-hybridized carbons (Fsp3) is 0.741. The fourth-order valence-electron chi connectivity index (χ4n) is 7.41. The molecule has 3 atom stereocenters. The third-order valence-corrected chi connectivity index (χ3v) is 11.2. The van der Waals surface area contributed by atoms with E-state index in [1.165, 1.54) is 128 Å². The third-order valence-electron chi connectivity index (χ3n) is 11.2. The summed E-state index contributed by atoms with van der Waals surface area (Å²) in [5, 5.41) is 23.6. The van der Waals surface area contributed by atoms with Crippen LogP contribution in [0, 0.1) is 0 Å². The molecule has 1 amide bonds. The molecule has 0 aromatic heterocycles. The molecule has 0 rings (SSSR count). The highest BCUT2D eigenvalue weighted by Crippen LogP contribution is 2.17. The summed E-state index contributed by atoms with van der Waals surface area (Å²) in [6.07, 6.45) is 59.7. The van der Waals surface area contributed by atoms with Crippen molar-refractivity contribution in [1.82, 2.24) is 5.32 Å². The topological polar surface area (TPSA) is 95.9 Å². The maximum atomic E-state index is 13.2. The monoisotopic (exact) mass is 838 g/mol. The quantitative estimate of drug-likeness (QED) is 0.0323. The van der Waals surface area contributed by atoms with Gasteiger partial charge in [0.2, 0.25) is 5.91 Å². The van der Waals surface area contributed by atoms with Gasteiger partial charge in [-0.3, -0.25) is 9.59 Å². The van der Waals surface area contributed by atoms with E-state index in [2.05, 4.69) is 38.2 Å². The largest absolute Gasteiger partial charge is 0.462 e. The van der Waals surface area contributed by atoms with Crippen molar-refractivity contribution in [2.45, 2.75) is 251 Å². The number of carbonyl (C=O) groups excluding carboxylic acids is 2. The smallest absolute Gasteiger partial charge is 0.306 e. The molecule has 0 aromatic rings. The van der Waals surface area contributed by atoms with E-state index in [1.54, 1.807) is 0 Å². The number of hydrogen-bond donors (Lipinski definition) is 3. The fourth-order valence-corrected chi connectivity index (χ4v) is 7.41. The second-order valence-electron chi connectivity index (χ2n) is 17.0. The molecule has 0 aliphatic carbocycles. The number of carbonyl (C=O) groups is 2. The lowest BCUT2D eigenvalue weighted by Gasteiger charge is -2.24. The van der Waals surface area contributed by atoms with Crippen molar-refractivity contribution in [3.63, 3.8) is 0 Å². The molecule has 6 heteroatoms. The van der Waals surface area contributed by atoms with Crippen molar-refractivity contribution in [3.8, 4) is 0 Å². The number of allylic oxidation sites excluding steroid dienone is 12. The summed E-state index contributed by atoms with van der Waals surface area (Å²) in [5.74, 6) is -0.548. The Morgan fingerprint density at radius 1 is 0.500 bits per heavy atom. The van der Waals surface area contributed by atoms with Crippen LogP contribution in [0.1, 0.15) is 233 Å². The predicted octanol–water partition coefficient (Wildman–Crippen LogP) is 15.0. The Morgan fingerprint density at radius 2 is 0.900 bits per heavy atom. The Bertz CT molecular complexity index is 1120. The van der Waals surface area contributed by atoms with Gasteiger partial charge in [-0.05, 0) is 38.5 Å². The van der Waals surface area contributed by atoms with Gasteiger partial charge in [-0.25, -0.2) is 0 Å². The second-order valence-corrected chi connectivity index (χ2v) is 17.0. The molecule has 346 valence electrons. The molecule has 0 aliphatic rings. The number of ether oxygens (including phenoxy) is 1. The molecule has 6 nitrogen and oxygen atoms in total. The standard InChI is InChI=1S/C54H95NO5/c1-4-7-10-13-16-19-21-23-25-26-28-30-32-35-38-41-44-47-54(59)60-50(45-42-39-36-34-31-29-27-24-22-20-17-14-11-8-5-2)48-53(58)55-51(49-56)52(57)46-43-40-37-33-18-15-12-9-6-3/h8,11,14,17,20,22,24,27,29,31,34,36,50-52,56-57H,4-7,9-10,12-13,15-16,18-19,21,23,25-26,28,30,32-33,35,37-49H2,1-3H3,(H,55,58)/b11-8-,17-14+,22-20+,27-24-,31-29+,36-34+. The van der Waals surface area contributed by atoms with E-state index < -0.39 is 18.2 Å². The van der Waals surface area contributed by atoms with Gasteiger partial charge in [-0.2, -0.15) is 0 Å². The van der Waals surface area contributed by atoms with Gasteiger partial charge in [-0.1, -0.05) is 254 Å². The van der Waals surface area contributed by atoms with Crippen LogP contribution in [0.2, 0.25) is 0 Å². The van der Waals surface area contributed by atoms with Gasteiger partial charge in [0.15, 0.2) is 0 Å². The normalized spacial score (nSPS) is 13.9. The average molecular weight is 838 g/mol. The summed E-state index contributed by atoms with van der Waals surface area (Å²) in [5.41, 5.74) is 0. The van der Waals surface area contributed by atoms with E-state index in [0.717, 1.165) is 57.8 Å². The highest BCUT2D eigenvalue weighted by atomic mass is 16.5. The molecule has 0 spiro atoms. The maximum absolute atomic E-state index is 13.2. The summed E-state index contributed by atoms with van der Waals surface area (Å²) in [7, 11) is 0. The first-order valence-corrected chi connectivity index (χ1v) is 25.2. The summed E-state index contributed by atoms with van der Waals surface area (Å²) >= 11 is 0. The van der Waals surface area contributed by atoms with Crippen LogP contribution < -0.4 is 5.32 Å². The molecule has 0 saturated heterocycles.